The van der Waals surface area contributed by atoms with Gasteiger partial charge in [-0.2, -0.15) is 0 Å². The van der Waals surface area contributed by atoms with Gasteiger partial charge in [0.1, 0.15) is 5.82 Å². The average Bonchev–Trinajstić information content (AvgIpc) is 2.39. The number of benzene rings is 1. The van der Waals surface area contributed by atoms with Crippen molar-refractivity contribution in [1.82, 2.24) is 5.32 Å². The smallest absolute Gasteiger partial charge is 0.141 e. The molecule has 106 valence electrons. The molecule has 1 aliphatic carbocycles. The first-order valence-corrected chi connectivity index (χ1v) is 7.65. The standard InChI is InChI=1S/C16H23ClFN/c1-4-16(5-2)12(10-15(16)19-6-3)11-7-8-14(18)13(17)9-11/h7-9,12,15,19H,4-6,10H2,1-3H3. The Balaban J connectivity index is 2.27. The molecule has 0 spiro atoms. The molecule has 1 saturated carbocycles. The molecular weight excluding hydrogens is 261 g/mol. The maximum absolute atomic E-state index is 13.3. The van der Waals surface area contributed by atoms with Crippen LogP contribution in [-0.4, -0.2) is 12.6 Å². The van der Waals surface area contributed by atoms with Crippen molar-refractivity contribution in [3.63, 3.8) is 0 Å². The summed E-state index contributed by atoms with van der Waals surface area (Å²) in [5.41, 5.74) is 1.47. The molecule has 1 fully saturated rings. The number of hydrogen-bond acceptors (Lipinski definition) is 1. The third-order valence-corrected chi connectivity index (χ3v) is 5.26. The average molecular weight is 284 g/mol. The molecular formula is C16H23ClFN. The third kappa shape index (κ3) is 2.41. The molecule has 0 aromatic heterocycles. The van der Waals surface area contributed by atoms with Crippen LogP contribution < -0.4 is 5.32 Å². The number of nitrogens with one attached hydrogen (secondary N) is 1. The molecule has 3 heteroatoms. The fourth-order valence-corrected chi connectivity index (χ4v) is 3.94. The molecule has 2 unspecified atom stereocenters. The second-order valence-corrected chi connectivity index (χ2v) is 5.92. The summed E-state index contributed by atoms with van der Waals surface area (Å²) in [5.74, 6) is 0.163. The number of hydrogen-bond donors (Lipinski definition) is 1. The van der Waals surface area contributed by atoms with Gasteiger partial charge in [-0.15, -0.1) is 0 Å². The predicted molar refractivity (Wildman–Crippen MR) is 79.2 cm³/mol. The SMILES string of the molecule is CCNC1CC(c2ccc(F)c(Cl)c2)C1(CC)CC. The summed E-state index contributed by atoms with van der Waals surface area (Å²) in [7, 11) is 0. The molecule has 0 aliphatic heterocycles. The molecule has 0 radical (unpaired) electrons. The molecule has 1 aliphatic rings. The first kappa shape index (κ1) is 14.8. The van der Waals surface area contributed by atoms with Crippen LogP contribution in [0.15, 0.2) is 18.2 Å². The zero-order valence-electron chi connectivity index (χ0n) is 12.0. The zero-order chi connectivity index (χ0) is 14.0. The highest BCUT2D eigenvalue weighted by Gasteiger charge is 2.52. The van der Waals surface area contributed by atoms with Crippen LogP contribution in [0.25, 0.3) is 0 Å². The van der Waals surface area contributed by atoms with Gasteiger partial charge in [0.2, 0.25) is 0 Å². The van der Waals surface area contributed by atoms with E-state index in [9.17, 15) is 4.39 Å². The monoisotopic (exact) mass is 283 g/mol. The van der Waals surface area contributed by atoms with Crippen molar-refractivity contribution in [2.45, 2.75) is 52.0 Å². The van der Waals surface area contributed by atoms with Crippen LogP contribution >= 0.6 is 11.6 Å². The molecule has 1 N–H and O–H groups in total. The fourth-order valence-electron chi connectivity index (χ4n) is 3.75. The summed E-state index contributed by atoms with van der Waals surface area (Å²) < 4.78 is 13.3. The lowest BCUT2D eigenvalue weighted by Gasteiger charge is -2.56. The predicted octanol–water partition coefficient (Wildman–Crippen LogP) is 4.75. The molecule has 0 saturated heterocycles. The fraction of sp³-hybridized carbons (Fsp3) is 0.625. The topological polar surface area (TPSA) is 12.0 Å². The summed E-state index contributed by atoms with van der Waals surface area (Å²) in [6.45, 7) is 7.66. The minimum Gasteiger partial charge on any atom is -0.314 e. The summed E-state index contributed by atoms with van der Waals surface area (Å²) in [6.07, 6.45) is 3.40. The van der Waals surface area contributed by atoms with Crippen LogP contribution in [0.5, 0.6) is 0 Å². The minimum atomic E-state index is -0.327. The van der Waals surface area contributed by atoms with Crippen molar-refractivity contribution >= 4 is 11.6 Å². The van der Waals surface area contributed by atoms with E-state index in [2.05, 4.69) is 26.1 Å². The minimum absolute atomic E-state index is 0.241. The van der Waals surface area contributed by atoms with E-state index < -0.39 is 0 Å². The van der Waals surface area contributed by atoms with Crippen LogP contribution in [0.4, 0.5) is 4.39 Å². The number of rotatable bonds is 5. The van der Waals surface area contributed by atoms with E-state index >= 15 is 0 Å². The van der Waals surface area contributed by atoms with E-state index in [1.54, 1.807) is 0 Å². The highest BCUT2D eigenvalue weighted by molar-refractivity contribution is 6.30. The lowest BCUT2D eigenvalue weighted by Crippen LogP contribution is -2.58. The Kier molecular flexibility index (Phi) is 4.52. The van der Waals surface area contributed by atoms with Crippen molar-refractivity contribution in [3.8, 4) is 0 Å². The van der Waals surface area contributed by atoms with Gasteiger partial charge in [-0.1, -0.05) is 38.4 Å². The van der Waals surface area contributed by atoms with Crippen molar-refractivity contribution in [2.24, 2.45) is 5.41 Å². The maximum Gasteiger partial charge on any atom is 0.141 e. The van der Waals surface area contributed by atoms with E-state index in [0.29, 0.717) is 12.0 Å². The molecule has 1 nitrogen and oxygen atoms in total. The van der Waals surface area contributed by atoms with E-state index in [0.717, 1.165) is 25.8 Å². The van der Waals surface area contributed by atoms with Gasteiger partial charge in [0.25, 0.3) is 0 Å². The quantitative estimate of drug-likeness (QED) is 0.822. The van der Waals surface area contributed by atoms with Crippen LogP contribution in [-0.2, 0) is 0 Å². The molecule has 19 heavy (non-hydrogen) atoms. The first-order valence-electron chi connectivity index (χ1n) is 7.27. The highest BCUT2D eigenvalue weighted by Crippen LogP contribution is 2.57. The summed E-state index contributed by atoms with van der Waals surface area (Å²) in [6, 6.07) is 5.77. The first-order chi connectivity index (χ1) is 9.08. The van der Waals surface area contributed by atoms with E-state index in [1.807, 2.05) is 12.1 Å². The zero-order valence-corrected chi connectivity index (χ0v) is 12.7. The van der Waals surface area contributed by atoms with Crippen LogP contribution in [0, 0.1) is 11.2 Å². The van der Waals surface area contributed by atoms with Crippen molar-refractivity contribution < 1.29 is 4.39 Å². The Hall–Kier alpha value is -0.600. The molecule has 0 amide bonds. The van der Waals surface area contributed by atoms with Gasteiger partial charge in [-0.3, -0.25) is 0 Å². The lowest BCUT2D eigenvalue weighted by atomic mass is 9.52. The van der Waals surface area contributed by atoms with Gasteiger partial charge < -0.3 is 5.32 Å². The van der Waals surface area contributed by atoms with Gasteiger partial charge in [0.05, 0.1) is 5.02 Å². The Morgan fingerprint density at radius 1 is 1.32 bits per heavy atom. The second-order valence-electron chi connectivity index (χ2n) is 5.51. The lowest BCUT2D eigenvalue weighted by molar-refractivity contribution is 0.0210. The van der Waals surface area contributed by atoms with Crippen LogP contribution in [0.1, 0.15) is 51.5 Å². The van der Waals surface area contributed by atoms with Crippen LogP contribution in [0.2, 0.25) is 5.02 Å². The van der Waals surface area contributed by atoms with Gasteiger partial charge >= 0.3 is 0 Å². The Labute approximate surface area is 120 Å². The summed E-state index contributed by atoms with van der Waals surface area (Å²) in [4.78, 5) is 0. The molecule has 1 aromatic rings. The number of halogens is 2. The van der Waals surface area contributed by atoms with Crippen molar-refractivity contribution in [3.05, 3.63) is 34.6 Å². The van der Waals surface area contributed by atoms with E-state index in [4.69, 9.17) is 11.6 Å². The van der Waals surface area contributed by atoms with Gasteiger partial charge in [0, 0.05) is 6.04 Å². The van der Waals surface area contributed by atoms with Crippen molar-refractivity contribution in [1.29, 1.82) is 0 Å². The highest BCUT2D eigenvalue weighted by atomic mass is 35.5. The van der Waals surface area contributed by atoms with Gasteiger partial charge in [-0.05, 0) is 54.8 Å². The Morgan fingerprint density at radius 2 is 2.00 bits per heavy atom. The van der Waals surface area contributed by atoms with Gasteiger partial charge in [-0.25, -0.2) is 4.39 Å². The summed E-state index contributed by atoms with van der Waals surface area (Å²) >= 11 is 5.93. The largest absolute Gasteiger partial charge is 0.314 e. The Bertz CT molecular complexity index is 442. The van der Waals surface area contributed by atoms with E-state index in [-0.39, 0.29) is 16.3 Å². The molecule has 1 aromatic carbocycles. The maximum atomic E-state index is 13.3. The second kappa shape index (κ2) is 5.80. The van der Waals surface area contributed by atoms with E-state index in [1.165, 1.54) is 11.6 Å². The normalized spacial score (nSPS) is 25.1. The van der Waals surface area contributed by atoms with Crippen LogP contribution in [0.3, 0.4) is 0 Å². The Morgan fingerprint density at radius 3 is 2.53 bits per heavy atom. The molecule has 2 rings (SSSR count). The molecule has 2 atom stereocenters. The third-order valence-electron chi connectivity index (χ3n) is 4.97. The summed E-state index contributed by atoms with van der Waals surface area (Å²) in [5, 5.41) is 3.83. The molecule has 0 heterocycles. The van der Waals surface area contributed by atoms with Crippen molar-refractivity contribution in [2.75, 3.05) is 6.54 Å². The molecule has 0 bridgehead atoms. The van der Waals surface area contributed by atoms with Gasteiger partial charge in [0.15, 0.2) is 0 Å².